The van der Waals surface area contributed by atoms with Crippen LogP contribution in [-0.2, 0) is 11.3 Å². The van der Waals surface area contributed by atoms with Gasteiger partial charge in [0.15, 0.2) is 10.6 Å². The normalized spacial score (nSPS) is 10.4. The zero-order chi connectivity index (χ0) is 17.6. The Balaban J connectivity index is 1.71. The van der Waals surface area contributed by atoms with E-state index >= 15 is 0 Å². The number of hydrogen-bond acceptors (Lipinski definition) is 5. The lowest BCUT2D eigenvalue weighted by Gasteiger charge is -2.08. The third kappa shape index (κ3) is 4.10. The number of methoxy groups -OCH3 is 1. The molecule has 0 aliphatic rings. The van der Waals surface area contributed by atoms with Crippen LogP contribution in [0.1, 0.15) is 6.42 Å². The van der Waals surface area contributed by atoms with Crippen LogP contribution in [0.4, 0.5) is 5.82 Å². The molecule has 0 fully saturated rings. The Morgan fingerprint density at radius 3 is 2.76 bits per heavy atom. The predicted molar refractivity (Wildman–Crippen MR) is 96.9 cm³/mol. The first-order valence-corrected chi connectivity index (χ1v) is 8.08. The number of rotatable bonds is 6. The molecule has 0 atom stereocenters. The van der Waals surface area contributed by atoms with E-state index in [0.29, 0.717) is 23.0 Å². The van der Waals surface area contributed by atoms with Crippen LogP contribution in [0.25, 0.3) is 11.4 Å². The monoisotopic (exact) mass is 355 g/mol. The zero-order valence-corrected chi connectivity index (χ0v) is 14.4. The molecule has 0 unspecified atom stereocenters. The first-order valence-electron chi connectivity index (χ1n) is 7.68. The van der Waals surface area contributed by atoms with Crippen molar-refractivity contribution in [2.45, 2.75) is 13.0 Å². The van der Waals surface area contributed by atoms with Crippen molar-refractivity contribution in [3.8, 4) is 17.1 Å². The molecule has 1 amide bonds. The molecular formula is C17H17N5O2S. The van der Waals surface area contributed by atoms with Crippen molar-refractivity contribution in [1.29, 1.82) is 0 Å². The van der Waals surface area contributed by atoms with Crippen molar-refractivity contribution in [2.24, 2.45) is 0 Å². The summed E-state index contributed by atoms with van der Waals surface area (Å²) in [5, 5.41) is 9.80. The number of carbonyl (C=O) groups is 1. The van der Waals surface area contributed by atoms with E-state index < -0.39 is 0 Å². The molecule has 0 saturated heterocycles. The number of ether oxygens (including phenoxy) is 1. The number of hydrogen-bond donors (Lipinski definition) is 2. The van der Waals surface area contributed by atoms with Gasteiger partial charge in [-0.3, -0.25) is 14.5 Å². The van der Waals surface area contributed by atoms with E-state index in [4.69, 9.17) is 17.0 Å². The highest BCUT2D eigenvalue weighted by Gasteiger charge is 2.11. The molecule has 0 radical (unpaired) electrons. The molecule has 2 aromatic heterocycles. The minimum Gasteiger partial charge on any atom is -0.497 e. The second-order valence-corrected chi connectivity index (χ2v) is 5.63. The number of anilines is 1. The Hall–Kier alpha value is -3.00. The van der Waals surface area contributed by atoms with E-state index in [1.807, 2.05) is 30.3 Å². The van der Waals surface area contributed by atoms with E-state index in [2.05, 4.69) is 20.5 Å². The van der Waals surface area contributed by atoms with Crippen molar-refractivity contribution < 1.29 is 9.53 Å². The maximum atomic E-state index is 12.1. The van der Waals surface area contributed by atoms with Crippen LogP contribution in [0.2, 0.25) is 0 Å². The lowest BCUT2D eigenvalue weighted by Crippen LogP contribution is -2.15. The summed E-state index contributed by atoms with van der Waals surface area (Å²) in [4.78, 5) is 16.2. The molecule has 0 aliphatic carbocycles. The Kier molecular flexibility index (Phi) is 5.20. The lowest BCUT2D eigenvalue weighted by atomic mass is 10.2. The molecule has 1 aromatic carbocycles. The molecule has 0 bridgehead atoms. The summed E-state index contributed by atoms with van der Waals surface area (Å²) in [5.74, 6) is 1.83. The van der Waals surface area contributed by atoms with Crippen molar-refractivity contribution in [3.05, 3.63) is 53.4 Å². The Bertz CT molecular complexity index is 903. The highest BCUT2D eigenvalue weighted by atomic mass is 32.1. The minimum atomic E-state index is -0.137. The molecular weight excluding hydrogens is 338 g/mol. The van der Waals surface area contributed by atoms with Crippen molar-refractivity contribution in [3.63, 3.8) is 0 Å². The number of nitrogens with zero attached hydrogens (tertiary/aromatic N) is 3. The van der Waals surface area contributed by atoms with Crippen LogP contribution in [0.15, 0.2) is 48.7 Å². The number of carbonyl (C=O) groups excluding carboxylic acids is 1. The van der Waals surface area contributed by atoms with Crippen LogP contribution >= 0.6 is 12.2 Å². The second-order valence-electron chi connectivity index (χ2n) is 5.25. The van der Waals surface area contributed by atoms with Gasteiger partial charge in [0.25, 0.3) is 0 Å². The summed E-state index contributed by atoms with van der Waals surface area (Å²) in [6, 6.07) is 12.8. The summed E-state index contributed by atoms with van der Waals surface area (Å²) in [7, 11) is 1.62. The van der Waals surface area contributed by atoms with Gasteiger partial charge in [0, 0.05) is 24.7 Å². The second kappa shape index (κ2) is 7.71. The summed E-state index contributed by atoms with van der Waals surface area (Å²) in [5.41, 5.74) is 0.887. The summed E-state index contributed by atoms with van der Waals surface area (Å²) >= 11 is 5.28. The van der Waals surface area contributed by atoms with Gasteiger partial charge in [-0.2, -0.15) is 5.10 Å². The van der Waals surface area contributed by atoms with E-state index in [1.54, 1.807) is 30.0 Å². The molecule has 3 rings (SSSR count). The third-order valence-electron chi connectivity index (χ3n) is 3.60. The van der Waals surface area contributed by atoms with Gasteiger partial charge in [-0.1, -0.05) is 6.07 Å². The number of pyridine rings is 1. The SMILES string of the molecule is COc1ccc(-c2n[nH]c(=S)n2CCC(=O)Nc2ccccn2)cc1. The number of amides is 1. The minimum absolute atomic E-state index is 0.137. The number of H-pyrrole nitrogens is 1. The topological polar surface area (TPSA) is 84.8 Å². The van der Waals surface area contributed by atoms with Gasteiger partial charge in [-0.25, -0.2) is 4.98 Å². The van der Waals surface area contributed by atoms with Crippen LogP contribution < -0.4 is 10.1 Å². The molecule has 8 heteroatoms. The third-order valence-corrected chi connectivity index (χ3v) is 3.91. The maximum Gasteiger partial charge on any atom is 0.227 e. The Morgan fingerprint density at radius 2 is 2.08 bits per heavy atom. The molecule has 0 spiro atoms. The van der Waals surface area contributed by atoms with Gasteiger partial charge in [0.2, 0.25) is 5.91 Å². The van der Waals surface area contributed by atoms with Crippen molar-refractivity contribution in [1.82, 2.24) is 19.7 Å². The highest BCUT2D eigenvalue weighted by molar-refractivity contribution is 7.71. The van der Waals surface area contributed by atoms with Gasteiger partial charge < -0.3 is 10.1 Å². The summed E-state index contributed by atoms with van der Waals surface area (Å²) in [6.45, 7) is 0.412. The van der Waals surface area contributed by atoms with Gasteiger partial charge in [-0.15, -0.1) is 0 Å². The largest absolute Gasteiger partial charge is 0.497 e. The average molecular weight is 355 g/mol. The average Bonchev–Trinajstić information content (AvgIpc) is 3.01. The summed E-state index contributed by atoms with van der Waals surface area (Å²) in [6.07, 6.45) is 1.89. The van der Waals surface area contributed by atoms with Crippen LogP contribution in [0.5, 0.6) is 5.75 Å². The summed E-state index contributed by atoms with van der Waals surface area (Å²) < 4.78 is 7.43. The fraction of sp³-hybridized carbons (Fsp3) is 0.176. The fourth-order valence-electron chi connectivity index (χ4n) is 2.34. The van der Waals surface area contributed by atoms with Gasteiger partial charge in [0.05, 0.1) is 7.11 Å². The molecule has 7 nitrogen and oxygen atoms in total. The van der Waals surface area contributed by atoms with Crippen LogP contribution in [0, 0.1) is 4.77 Å². The molecule has 0 saturated carbocycles. The number of aromatic amines is 1. The maximum absolute atomic E-state index is 12.1. The quantitative estimate of drug-likeness (QED) is 0.664. The van der Waals surface area contributed by atoms with E-state index in [0.717, 1.165) is 11.3 Å². The molecule has 3 aromatic rings. The molecule has 0 aliphatic heterocycles. The molecule has 2 heterocycles. The van der Waals surface area contributed by atoms with Crippen LogP contribution in [0.3, 0.4) is 0 Å². The van der Waals surface area contributed by atoms with Crippen LogP contribution in [-0.4, -0.2) is 32.8 Å². The number of aromatic nitrogens is 4. The zero-order valence-electron chi connectivity index (χ0n) is 13.6. The smallest absolute Gasteiger partial charge is 0.227 e. The Labute approximate surface area is 149 Å². The number of benzene rings is 1. The lowest BCUT2D eigenvalue weighted by molar-refractivity contribution is -0.116. The highest BCUT2D eigenvalue weighted by Crippen LogP contribution is 2.21. The Morgan fingerprint density at radius 1 is 1.28 bits per heavy atom. The van der Waals surface area contributed by atoms with Crippen molar-refractivity contribution >= 4 is 23.9 Å². The van der Waals surface area contributed by atoms with Gasteiger partial charge in [-0.05, 0) is 48.6 Å². The van der Waals surface area contributed by atoms with E-state index in [9.17, 15) is 4.79 Å². The van der Waals surface area contributed by atoms with E-state index in [-0.39, 0.29) is 12.3 Å². The molecule has 2 N–H and O–H groups in total. The standard InChI is InChI=1S/C17H17N5O2S/c1-24-13-7-5-12(6-8-13)16-20-21-17(25)22(16)11-9-15(23)19-14-4-2-3-10-18-14/h2-8,10H,9,11H2,1H3,(H,21,25)(H,18,19,23). The first kappa shape index (κ1) is 16.8. The van der Waals surface area contributed by atoms with Gasteiger partial charge in [0.1, 0.15) is 11.6 Å². The fourth-order valence-corrected chi connectivity index (χ4v) is 2.56. The predicted octanol–water partition coefficient (Wildman–Crippen LogP) is 3.04. The first-order chi connectivity index (χ1) is 12.2. The van der Waals surface area contributed by atoms with Gasteiger partial charge >= 0.3 is 0 Å². The number of nitrogens with one attached hydrogen (secondary N) is 2. The molecule has 25 heavy (non-hydrogen) atoms. The van der Waals surface area contributed by atoms with E-state index in [1.165, 1.54) is 0 Å². The van der Waals surface area contributed by atoms with Crippen molar-refractivity contribution in [2.75, 3.05) is 12.4 Å². The molecule has 128 valence electrons.